The highest BCUT2D eigenvalue weighted by Gasteiger charge is 2.19. The summed E-state index contributed by atoms with van der Waals surface area (Å²) in [6, 6.07) is 12.8. The van der Waals surface area contributed by atoms with Crippen LogP contribution in [0.4, 0.5) is 0 Å². The Morgan fingerprint density at radius 2 is 2.04 bits per heavy atom. The molecule has 0 unspecified atom stereocenters. The molecule has 0 fully saturated rings. The molecule has 0 aliphatic carbocycles. The lowest BCUT2D eigenvalue weighted by Crippen LogP contribution is -2.38. The molecule has 0 spiro atoms. The minimum absolute atomic E-state index is 0.396. The Morgan fingerprint density at radius 3 is 2.78 bits per heavy atom. The van der Waals surface area contributed by atoms with Crippen molar-refractivity contribution in [1.29, 1.82) is 0 Å². The van der Waals surface area contributed by atoms with Crippen molar-refractivity contribution in [1.82, 2.24) is 10.3 Å². The zero-order chi connectivity index (χ0) is 19.2. The normalized spacial score (nSPS) is 12.1. The molecule has 0 saturated heterocycles. The van der Waals surface area contributed by atoms with Gasteiger partial charge in [-0.05, 0) is 36.2 Å². The first kappa shape index (κ1) is 18.8. The molecular formula is C21H24N2O4. The summed E-state index contributed by atoms with van der Waals surface area (Å²) in [6.45, 7) is 2.89. The zero-order valence-electron chi connectivity index (χ0n) is 15.5. The van der Waals surface area contributed by atoms with Gasteiger partial charge in [0.25, 0.3) is 0 Å². The van der Waals surface area contributed by atoms with Gasteiger partial charge < -0.3 is 24.9 Å². The number of H-pyrrole nitrogens is 1. The van der Waals surface area contributed by atoms with E-state index in [1.807, 2.05) is 55.6 Å². The summed E-state index contributed by atoms with van der Waals surface area (Å²) in [4.78, 5) is 14.9. The number of carboxylic acids is 1. The van der Waals surface area contributed by atoms with Gasteiger partial charge >= 0.3 is 5.97 Å². The number of carboxylic acid groups (broad SMARTS) is 1. The average Bonchev–Trinajstić information content (AvgIpc) is 3.09. The highest BCUT2D eigenvalue weighted by molar-refractivity contribution is 5.84. The number of aliphatic carboxylic acids is 1. The van der Waals surface area contributed by atoms with Crippen molar-refractivity contribution in [3.8, 4) is 11.5 Å². The van der Waals surface area contributed by atoms with E-state index < -0.39 is 12.0 Å². The minimum atomic E-state index is -0.877. The number of hydrogen-bond donors (Lipinski definition) is 3. The molecule has 1 atom stereocenters. The third-order valence-electron chi connectivity index (χ3n) is 4.48. The average molecular weight is 368 g/mol. The number of carbonyl (C=O) groups is 1. The van der Waals surface area contributed by atoms with E-state index in [9.17, 15) is 9.90 Å². The van der Waals surface area contributed by atoms with Crippen molar-refractivity contribution in [2.75, 3.05) is 13.7 Å². The molecule has 6 nitrogen and oxygen atoms in total. The van der Waals surface area contributed by atoms with Crippen LogP contribution in [0.5, 0.6) is 11.5 Å². The fourth-order valence-corrected chi connectivity index (χ4v) is 3.10. The molecule has 6 heteroatoms. The lowest BCUT2D eigenvalue weighted by molar-refractivity contribution is -0.139. The number of ether oxygens (including phenoxy) is 2. The van der Waals surface area contributed by atoms with E-state index in [-0.39, 0.29) is 0 Å². The van der Waals surface area contributed by atoms with Gasteiger partial charge in [-0.25, -0.2) is 0 Å². The summed E-state index contributed by atoms with van der Waals surface area (Å²) in [5.41, 5.74) is 2.92. The number of benzene rings is 2. The van der Waals surface area contributed by atoms with Crippen LogP contribution < -0.4 is 14.8 Å². The van der Waals surface area contributed by atoms with Gasteiger partial charge in [0.2, 0.25) is 0 Å². The standard InChI is InChI=1S/C21H24N2O4/c1-3-27-19-9-8-14(10-20(19)26-2)12-22-18(21(24)25)11-15-13-23-17-7-5-4-6-16(15)17/h4-10,13,18,22-23H,3,11-12H2,1-2H3,(H,24,25)/t18-/m0/s1. The van der Waals surface area contributed by atoms with Crippen molar-refractivity contribution in [3.05, 3.63) is 59.8 Å². The minimum Gasteiger partial charge on any atom is -0.493 e. The summed E-state index contributed by atoms with van der Waals surface area (Å²) in [7, 11) is 1.59. The maximum atomic E-state index is 11.7. The number of rotatable bonds is 9. The molecule has 0 bridgehead atoms. The molecule has 0 saturated carbocycles. The van der Waals surface area contributed by atoms with Crippen LogP contribution >= 0.6 is 0 Å². The number of para-hydroxylation sites is 1. The highest BCUT2D eigenvalue weighted by Crippen LogP contribution is 2.28. The van der Waals surface area contributed by atoms with Gasteiger partial charge in [0.1, 0.15) is 6.04 Å². The summed E-state index contributed by atoms with van der Waals surface area (Å²) >= 11 is 0. The third-order valence-corrected chi connectivity index (χ3v) is 4.48. The van der Waals surface area contributed by atoms with Crippen LogP contribution in [-0.4, -0.2) is 35.8 Å². The van der Waals surface area contributed by atoms with E-state index in [2.05, 4.69) is 10.3 Å². The molecule has 142 valence electrons. The first-order valence-electron chi connectivity index (χ1n) is 8.93. The molecule has 0 aliphatic heterocycles. The summed E-state index contributed by atoms with van der Waals surface area (Å²) in [5.74, 6) is 0.440. The van der Waals surface area contributed by atoms with E-state index in [1.165, 1.54) is 0 Å². The van der Waals surface area contributed by atoms with Gasteiger partial charge in [-0.3, -0.25) is 4.79 Å². The van der Waals surface area contributed by atoms with E-state index in [1.54, 1.807) is 7.11 Å². The van der Waals surface area contributed by atoms with Crippen LogP contribution in [0.25, 0.3) is 10.9 Å². The molecule has 3 N–H and O–H groups in total. The molecular weight excluding hydrogens is 344 g/mol. The van der Waals surface area contributed by atoms with Crippen molar-refractivity contribution in [2.24, 2.45) is 0 Å². The second kappa shape index (κ2) is 8.60. The Bertz CT molecular complexity index is 919. The van der Waals surface area contributed by atoms with Crippen molar-refractivity contribution in [3.63, 3.8) is 0 Å². The predicted octanol–water partition coefficient (Wildman–Crippen LogP) is 3.36. The van der Waals surface area contributed by atoms with Gasteiger partial charge in [-0.15, -0.1) is 0 Å². The van der Waals surface area contributed by atoms with Crippen LogP contribution in [0.1, 0.15) is 18.1 Å². The second-order valence-electron chi connectivity index (χ2n) is 6.25. The fourth-order valence-electron chi connectivity index (χ4n) is 3.10. The Labute approximate surface area is 158 Å². The molecule has 27 heavy (non-hydrogen) atoms. The van der Waals surface area contributed by atoms with E-state index >= 15 is 0 Å². The van der Waals surface area contributed by atoms with Gasteiger partial charge in [0.05, 0.1) is 13.7 Å². The molecule has 3 rings (SSSR count). The number of aromatic nitrogens is 1. The van der Waals surface area contributed by atoms with Crippen LogP contribution in [0.3, 0.4) is 0 Å². The van der Waals surface area contributed by atoms with Crippen LogP contribution in [0.2, 0.25) is 0 Å². The fraction of sp³-hybridized carbons (Fsp3) is 0.286. The quantitative estimate of drug-likeness (QED) is 0.539. The SMILES string of the molecule is CCOc1ccc(CN[C@@H](Cc2c[nH]c3ccccc23)C(=O)O)cc1OC. The van der Waals surface area contributed by atoms with Crippen molar-refractivity contribution >= 4 is 16.9 Å². The predicted molar refractivity (Wildman–Crippen MR) is 104 cm³/mol. The van der Waals surface area contributed by atoms with Crippen LogP contribution in [0, 0.1) is 0 Å². The Balaban J connectivity index is 1.71. The molecule has 2 aromatic carbocycles. The first-order valence-corrected chi connectivity index (χ1v) is 8.93. The number of aromatic amines is 1. The van der Waals surface area contributed by atoms with Gasteiger partial charge in [0.15, 0.2) is 11.5 Å². The van der Waals surface area contributed by atoms with E-state index in [0.29, 0.717) is 31.1 Å². The maximum Gasteiger partial charge on any atom is 0.321 e. The molecule has 0 radical (unpaired) electrons. The Morgan fingerprint density at radius 1 is 1.22 bits per heavy atom. The van der Waals surface area contributed by atoms with E-state index in [4.69, 9.17) is 9.47 Å². The summed E-state index contributed by atoms with van der Waals surface area (Å²) in [6.07, 6.45) is 2.27. The number of fused-ring (bicyclic) bond motifs is 1. The molecule has 1 heterocycles. The van der Waals surface area contributed by atoms with Crippen LogP contribution in [-0.2, 0) is 17.8 Å². The van der Waals surface area contributed by atoms with Crippen LogP contribution in [0.15, 0.2) is 48.7 Å². The monoisotopic (exact) mass is 368 g/mol. The van der Waals surface area contributed by atoms with Gasteiger partial charge in [0, 0.05) is 30.1 Å². The van der Waals surface area contributed by atoms with Crippen molar-refractivity contribution in [2.45, 2.75) is 25.9 Å². The number of nitrogens with one attached hydrogen (secondary N) is 2. The molecule has 0 aliphatic rings. The maximum absolute atomic E-state index is 11.7. The second-order valence-corrected chi connectivity index (χ2v) is 6.25. The largest absolute Gasteiger partial charge is 0.493 e. The summed E-state index contributed by atoms with van der Waals surface area (Å²) in [5, 5.41) is 13.8. The Hall–Kier alpha value is -2.99. The molecule has 0 amide bonds. The molecule has 3 aromatic rings. The number of methoxy groups -OCH3 is 1. The van der Waals surface area contributed by atoms with Crippen molar-refractivity contribution < 1.29 is 19.4 Å². The van der Waals surface area contributed by atoms with E-state index in [0.717, 1.165) is 22.0 Å². The topological polar surface area (TPSA) is 83.6 Å². The number of hydrogen-bond acceptors (Lipinski definition) is 4. The van der Waals surface area contributed by atoms with Gasteiger partial charge in [-0.1, -0.05) is 24.3 Å². The lowest BCUT2D eigenvalue weighted by atomic mass is 10.0. The first-order chi connectivity index (χ1) is 13.1. The van der Waals surface area contributed by atoms with Gasteiger partial charge in [-0.2, -0.15) is 0 Å². The highest BCUT2D eigenvalue weighted by atomic mass is 16.5. The smallest absolute Gasteiger partial charge is 0.321 e. The lowest BCUT2D eigenvalue weighted by Gasteiger charge is -2.15. The molecule has 1 aromatic heterocycles. The summed E-state index contributed by atoms with van der Waals surface area (Å²) < 4.78 is 10.9. The Kier molecular flexibility index (Phi) is 5.98. The third kappa shape index (κ3) is 4.41. The zero-order valence-corrected chi connectivity index (χ0v) is 15.5.